The molecule has 0 spiro atoms. The summed E-state index contributed by atoms with van der Waals surface area (Å²) >= 11 is 0. The zero-order valence-electron chi connectivity index (χ0n) is 9.43. The van der Waals surface area contributed by atoms with E-state index in [1.165, 1.54) is 6.07 Å². The third-order valence-electron chi connectivity index (χ3n) is 2.30. The van der Waals surface area contributed by atoms with Gasteiger partial charge in [-0.25, -0.2) is 5.10 Å². The number of nitrogens with two attached hydrogens (primary N) is 1. The third-order valence-corrected chi connectivity index (χ3v) is 2.30. The summed E-state index contributed by atoms with van der Waals surface area (Å²) in [5.74, 6) is 0.717. The van der Waals surface area contributed by atoms with E-state index in [1.54, 1.807) is 0 Å². The molecule has 0 aliphatic rings. The molecule has 0 radical (unpaired) electrons. The van der Waals surface area contributed by atoms with Crippen molar-refractivity contribution in [3.8, 4) is 17.0 Å². The molecule has 1 aromatic heterocycles. The fourth-order valence-corrected chi connectivity index (χ4v) is 1.52. The van der Waals surface area contributed by atoms with Crippen molar-refractivity contribution in [2.45, 2.75) is 6.92 Å². The number of aromatic amines is 1. The van der Waals surface area contributed by atoms with Crippen LogP contribution in [0.5, 0.6) is 5.75 Å². The van der Waals surface area contributed by atoms with Gasteiger partial charge in [-0.05, 0) is 25.1 Å². The maximum Gasteiger partial charge on any atom is 0.287 e. The summed E-state index contributed by atoms with van der Waals surface area (Å²) in [6.45, 7) is 2.47. The molecule has 0 bridgehead atoms. The van der Waals surface area contributed by atoms with Gasteiger partial charge in [0.1, 0.15) is 11.4 Å². The number of aromatic nitrogens is 2. The number of nitrogens with zero attached hydrogens (tertiary/aromatic N) is 1. The Hall–Kier alpha value is -2.30. The Labute approximate surface area is 98.2 Å². The first kappa shape index (κ1) is 11.2. The highest BCUT2D eigenvalue weighted by molar-refractivity contribution is 5.68. The van der Waals surface area contributed by atoms with Crippen LogP contribution in [-0.2, 0) is 0 Å². The monoisotopic (exact) mass is 231 g/mol. The molecule has 2 aromatic rings. The van der Waals surface area contributed by atoms with Crippen LogP contribution in [-0.4, -0.2) is 16.8 Å². The molecule has 5 heteroatoms. The molecule has 0 saturated heterocycles. The molecule has 17 heavy (non-hydrogen) atoms. The molecule has 3 N–H and O–H groups in total. The van der Waals surface area contributed by atoms with Crippen LogP contribution in [0.3, 0.4) is 0 Å². The van der Waals surface area contributed by atoms with Gasteiger partial charge in [0.25, 0.3) is 5.56 Å². The zero-order valence-corrected chi connectivity index (χ0v) is 9.43. The highest BCUT2D eigenvalue weighted by Crippen LogP contribution is 2.28. The predicted molar refractivity (Wildman–Crippen MR) is 65.9 cm³/mol. The number of ether oxygens (including phenoxy) is 1. The van der Waals surface area contributed by atoms with Gasteiger partial charge in [0.15, 0.2) is 0 Å². The molecule has 0 unspecified atom stereocenters. The summed E-state index contributed by atoms with van der Waals surface area (Å²) in [6, 6.07) is 9.01. The maximum atomic E-state index is 11.1. The van der Waals surface area contributed by atoms with Crippen molar-refractivity contribution in [3.05, 3.63) is 40.7 Å². The Morgan fingerprint density at radius 3 is 2.88 bits per heavy atom. The van der Waals surface area contributed by atoms with E-state index in [-0.39, 0.29) is 11.2 Å². The quantitative estimate of drug-likeness (QED) is 0.837. The number of rotatable bonds is 3. The Morgan fingerprint density at radius 2 is 2.18 bits per heavy atom. The average Bonchev–Trinajstić information content (AvgIpc) is 2.34. The van der Waals surface area contributed by atoms with Gasteiger partial charge < -0.3 is 10.5 Å². The van der Waals surface area contributed by atoms with E-state index in [2.05, 4.69) is 10.2 Å². The van der Waals surface area contributed by atoms with Gasteiger partial charge in [-0.1, -0.05) is 12.1 Å². The van der Waals surface area contributed by atoms with Crippen molar-refractivity contribution >= 4 is 5.69 Å². The topological polar surface area (TPSA) is 81.0 Å². The van der Waals surface area contributed by atoms with E-state index < -0.39 is 0 Å². The highest BCUT2D eigenvalue weighted by Gasteiger charge is 2.08. The summed E-state index contributed by atoms with van der Waals surface area (Å²) in [5.41, 5.74) is 6.70. The summed E-state index contributed by atoms with van der Waals surface area (Å²) in [5, 5.41) is 6.30. The summed E-state index contributed by atoms with van der Waals surface area (Å²) in [7, 11) is 0. The van der Waals surface area contributed by atoms with E-state index in [1.807, 2.05) is 31.2 Å². The minimum absolute atomic E-state index is 0.140. The average molecular weight is 231 g/mol. The molecular formula is C12H13N3O2. The normalized spacial score (nSPS) is 10.2. The SMILES string of the molecule is CCOc1ccccc1-c1cc(N)c(=O)[nH]n1. The molecular weight excluding hydrogens is 218 g/mol. The van der Waals surface area contributed by atoms with Crippen LogP contribution < -0.4 is 16.0 Å². The maximum absolute atomic E-state index is 11.1. The molecule has 0 amide bonds. The molecule has 0 fully saturated rings. The minimum Gasteiger partial charge on any atom is -0.493 e. The summed E-state index contributed by atoms with van der Waals surface area (Å²) in [4.78, 5) is 11.1. The van der Waals surface area contributed by atoms with Crippen LogP contribution in [0, 0.1) is 0 Å². The van der Waals surface area contributed by atoms with E-state index in [0.29, 0.717) is 18.1 Å². The van der Waals surface area contributed by atoms with Crippen molar-refractivity contribution < 1.29 is 4.74 Å². The standard InChI is InChI=1S/C12H13N3O2/c1-2-17-11-6-4-3-5-8(11)10-7-9(13)12(16)15-14-10/h3-7H,2H2,1H3,(H2,13,14)(H,15,16). The first-order valence-electron chi connectivity index (χ1n) is 5.29. The lowest BCUT2D eigenvalue weighted by Crippen LogP contribution is -2.13. The second kappa shape index (κ2) is 4.69. The van der Waals surface area contributed by atoms with Crippen LogP contribution in [0.2, 0.25) is 0 Å². The lowest BCUT2D eigenvalue weighted by Gasteiger charge is -2.09. The van der Waals surface area contributed by atoms with Gasteiger partial charge in [-0.15, -0.1) is 0 Å². The van der Waals surface area contributed by atoms with Crippen LogP contribution in [0.15, 0.2) is 35.1 Å². The van der Waals surface area contributed by atoms with E-state index in [9.17, 15) is 4.79 Å². The molecule has 5 nitrogen and oxygen atoms in total. The van der Waals surface area contributed by atoms with Crippen LogP contribution in [0.1, 0.15) is 6.92 Å². The van der Waals surface area contributed by atoms with E-state index in [0.717, 1.165) is 5.56 Å². The van der Waals surface area contributed by atoms with Gasteiger partial charge in [-0.2, -0.15) is 5.10 Å². The fraction of sp³-hybridized carbons (Fsp3) is 0.167. The number of nitrogen functional groups attached to an aromatic ring is 1. The van der Waals surface area contributed by atoms with Crippen molar-refractivity contribution in [2.24, 2.45) is 0 Å². The second-order valence-electron chi connectivity index (χ2n) is 3.47. The van der Waals surface area contributed by atoms with Crippen LogP contribution in [0.4, 0.5) is 5.69 Å². The highest BCUT2D eigenvalue weighted by atomic mass is 16.5. The van der Waals surface area contributed by atoms with Gasteiger partial charge in [0.2, 0.25) is 0 Å². The number of nitrogens with one attached hydrogen (secondary N) is 1. The number of benzene rings is 1. The minimum atomic E-state index is -0.386. The largest absolute Gasteiger partial charge is 0.493 e. The molecule has 1 aromatic carbocycles. The Kier molecular flexibility index (Phi) is 3.09. The smallest absolute Gasteiger partial charge is 0.287 e. The number of para-hydroxylation sites is 1. The predicted octanol–water partition coefficient (Wildman–Crippen LogP) is 1.42. The molecule has 88 valence electrons. The fourth-order valence-electron chi connectivity index (χ4n) is 1.52. The Morgan fingerprint density at radius 1 is 1.41 bits per heavy atom. The number of hydrogen-bond donors (Lipinski definition) is 2. The Balaban J connectivity index is 2.52. The van der Waals surface area contributed by atoms with Crippen molar-refractivity contribution in [1.82, 2.24) is 10.2 Å². The summed E-state index contributed by atoms with van der Waals surface area (Å²) in [6.07, 6.45) is 0. The Bertz CT molecular complexity index is 578. The van der Waals surface area contributed by atoms with E-state index >= 15 is 0 Å². The van der Waals surface area contributed by atoms with Gasteiger partial charge >= 0.3 is 0 Å². The van der Waals surface area contributed by atoms with Crippen molar-refractivity contribution in [1.29, 1.82) is 0 Å². The van der Waals surface area contributed by atoms with Gasteiger partial charge in [-0.3, -0.25) is 4.79 Å². The summed E-state index contributed by atoms with van der Waals surface area (Å²) < 4.78 is 5.49. The number of anilines is 1. The molecule has 0 aliphatic heterocycles. The van der Waals surface area contributed by atoms with Crippen molar-refractivity contribution in [2.75, 3.05) is 12.3 Å². The van der Waals surface area contributed by atoms with E-state index in [4.69, 9.17) is 10.5 Å². The molecule has 1 heterocycles. The second-order valence-corrected chi connectivity index (χ2v) is 3.47. The number of H-pyrrole nitrogens is 1. The molecule has 2 rings (SSSR count). The lowest BCUT2D eigenvalue weighted by molar-refractivity contribution is 0.341. The molecule has 0 saturated carbocycles. The van der Waals surface area contributed by atoms with Crippen LogP contribution >= 0.6 is 0 Å². The van der Waals surface area contributed by atoms with Gasteiger partial charge in [0.05, 0.1) is 12.3 Å². The van der Waals surface area contributed by atoms with Crippen LogP contribution in [0.25, 0.3) is 11.3 Å². The zero-order chi connectivity index (χ0) is 12.3. The first-order valence-corrected chi connectivity index (χ1v) is 5.29. The van der Waals surface area contributed by atoms with Gasteiger partial charge in [0, 0.05) is 5.56 Å². The number of hydrogen-bond acceptors (Lipinski definition) is 4. The molecule has 0 aliphatic carbocycles. The first-order chi connectivity index (χ1) is 8.22. The molecule has 0 atom stereocenters. The lowest BCUT2D eigenvalue weighted by atomic mass is 10.1. The van der Waals surface area contributed by atoms with Crippen molar-refractivity contribution in [3.63, 3.8) is 0 Å². The third kappa shape index (κ3) is 2.28.